The number of nitro groups is 1. The van der Waals surface area contributed by atoms with Crippen LogP contribution in [0.2, 0.25) is 0 Å². The van der Waals surface area contributed by atoms with Gasteiger partial charge in [0.15, 0.2) is 0 Å². The first kappa shape index (κ1) is 18.8. The molecule has 9 nitrogen and oxygen atoms in total. The molecule has 0 unspecified atom stereocenters. The van der Waals surface area contributed by atoms with Gasteiger partial charge in [0.25, 0.3) is 17.2 Å². The summed E-state index contributed by atoms with van der Waals surface area (Å²) in [6, 6.07) is 8.34. The Morgan fingerprint density at radius 1 is 1.31 bits per heavy atom. The van der Waals surface area contributed by atoms with Gasteiger partial charge in [0.05, 0.1) is 11.1 Å². The monoisotopic (exact) mass is 358 g/mol. The summed E-state index contributed by atoms with van der Waals surface area (Å²) >= 11 is 0. The van der Waals surface area contributed by atoms with Crippen molar-refractivity contribution in [2.24, 2.45) is 5.73 Å². The third-order valence-electron chi connectivity index (χ3n) is 3.95. The number of carbonyl (C=O) groups excluding carboxylic acids is 2. The quantitative estimate of drug-likeness (QED) is 0.604. The predicted molar refractivity (Wildman–Crippen MR) is 93.5 cm³/mol. The van der Waals surface area contributed by atoms with E-state index in [9.17, 15) is 24.5 Å². The van der Waals surface area contributed by atoms with Gasteiger partial charge < -0.3 is 10.6 Å². The Balaban J connectivity index is 2.28. The van der Waals surface area contributed by atoms with Crippen molar-refractivity contribution >= 4 is 17.5 Å². The molecule has 0 bridgehead atoms. The Morgan fingerprint density at radius 3 is 2.54 bits per heavy atom. The summed E-state index contributed by atoms with van der Waals surface area (Å²) in [5.74, 6) is -1.53. The van der Waals surface area contributed by atoms with Crippen LogP contribution in [-0.4, -0.2) is 33.3 Å². The molecule has 0 saturated heterocycles. The van der Waals surface area contributed by atoms with Crippen molar-refractivity contribution in [3.05, 3.63) is 73.7 Å². The Bertz CT molecular complexity index is 935. The third kappa shape index (κ3) is 4.12. The van der Waals surface area contributed by atoms with E-state index in [1.165, 1.54) is 4.90 Å². The third-order valence-corrected chi connectivity index (χ3v) is 3.95. The van der Waals surface area contributed by atoms with Gasteiger partial charge in [-0.05, 0) is 18.1 Å². The summed E-state index contributed by atoms with van der Waals surface area (Å²) in [5.41, 5.74) is 5.17. The maximum absolute atomic E-state index is 12.4. The van der Waals surface area contributed by atoms with Crippen molar-refractivity contribution in [2.75, 3.05) is 7.05 Å². The number of rotatable bonds is 6. The van der Waals surface area contributed by atoms with E-state index in [-0.39, 0.29) is 0 Å². The topological polar surface area (TPSA) is 129 Å². The minimum absolute atomic E-state index is 0.317. The van der Waals surface area contributed by atoms with Gasteiger partial charge >= 0.3 is 0 Å². The summed E-state index contributed by atoms with van der Waals surface area (Å²) in [7, 11) is 1.56. The van der Waals surface area contributed by atoms with Crippen LogP contribution in [0.5, 0.6) is 0 Å². The van der Waals surface area contributed by atoms with Gasteiger partial charge in [0.1, 0.15) is 12.1 Å². The summed E-state index contributed by atoms with van der Waals surface area (Å²) in [4.78, 5) is 47.6. The lowest BCUT2D eigenvalue weighted by molar-refractivity contribution is -0.385. The van der Waals surface area contributed by atoms with Crippen LogP contribution in [-0.2, 0) is 17.9 Å². The van der Waals surface area contributed by atoms with E-state index in [4.69, 9.17) is 5.73 Å². The van der Waals surface area contributed by atoms with Gasteiger partial charge in [-0.2, -0.15) is 0 Å². The number of nitrogens with zero attached hydrogens (tertiary/aromatic N) is 3. The molecule has 2 aromatic rings. The van der Waals surface area contributed by atoms with Crippen molar-refractivity contribution in [1.82, 2.24) is 9.47 Å². The highest BCUT2D eigenvalue weighted by atomic mass is 16.6. The number of benzene rings is 1. The van der Waals surface area contributed by atoms with Crippen LogP contribution >= 0.6 is 0 Å². The minimum Gasteiger partial charge on any atom is -0.365 e. The van der Waals surface area contributed by atoms with Gasteiger partial charge in [0, 0.05) is 19.7 Å². The molecule has 0 aliphatic heterocycles. The number of amides is 2. The number of primary amides is 1. The van der Waals surface area contributed by atoms with Crippen molar-refractivity contribution in [3.8, 4) is 0 Å². The zero-order chi connectivity index (χ0) is 19.4. The summed E-state index contributed by atoms with van der Waals surface area (Å²) in [6.07, 6.45) is 0.925. The molecule has 1 aromatic heterocycles. The second-order valence-corrected chi connectivity index (χ2v) is 5.84. The number of nitrogens with two attached hydrogens (primary N) is 1. The smallest absolute Gasteiger partial charge is 0.286 e. The Hall–Kier alpha value is -3.49. The van der Waals surface area contributed by atoms with Gasteiger partial charge in [-0.3, -0.25) is 29.1 Å². The van der Waals surface area contributed by atoms with E-state index >= 15 is 0 Å². The summed E-state index contributed by atoms with van der Waals surface area (Å²) in [5, 5.41) is 11.0. The number of likely N-dealkylation sites (N-methyl/N-ethyl adjacent to an activating group) is 1. The van der Waals surface area contributed by atoms with Crippen LogP contribution in [0.4, 0.5) is 5.69 Å². The molecule has 9 heteroatoms. The van der Waals surface area contributed by atoms with Crippen molar-refractivity contribution < 1.29 is 14.5 Å². The average molecular weight is 358 g/mol. The Kier molecular flexibility index (Phi) is 5.51. The standard InChI is InChI=1S/C17H18N4O5/c1-11-5-3-4-6-12(11)8-19(2)15(22)10-20-9-13(21(25)26)7-14(16(18)23)17(20)24/h3-7,9H,8,10H2,1-2H3,(H2,18,23). The lowest BCUT2D eigenvalue weighted by atomic mass is 10.1. The molecule has 1 aromatic carbocycles. The molecule has 0 aliphatic carbocycles. The lowest BCUT2D eigenvalue weighted by Gasteiger charge is -2.19. The fourth-order valence-electron chi connectivity index (χ4n) is 2.41. The number of hydrogen-bond acceptors (Lipinski definition) is 5. The number of carbonyl (C=O) groups is 2. The van der Waals surface area contributed by atoms with Crippen LogP contribution in [0.15, 0.2) is 41.3 Å². The van der Waals surface area contributed by atoms with E-state index in [1.807, 2.05) is 31.2 Å². The molecule has 0 aliphatic rings. The van der Waals surface area contributed by atoms with Crippen LogP contribution in [0, 0.1) is 17.0 Å². The number of hydrogen-bond donors (Lipinski definition) is 1. The van der Waals surface area contributed by atoms with E-state index < -0.39 is 40.1 Å². The van der Waals surface area contributed by atoms with Gasteiger partial charge in [-0.25, -0.2) is 0 Å². The Labute approximate surface area is 148 Å². The average Bonchev–Trinajstić information content (AvgIpc) is 2.58. The molecule has 2 amide bonds. The fourth-order valence-corrected chi connectivity index (χ4v) is 2.41. The molecule has 26 heavy (non-hydrogen) atoms. The molecule has 2 N–H and O–H groups in total. The molecule has 0 saturated carbocycles. The highest BCUT2D eigenvalue weighted by Gasteiger charge is 2.20. The largest absolute Gasteiger partial charge is 0.365 e. The van der Waals surface area contributed by atoms with E-state index in [0.717, 1.165) is 28.0 Å². The zero-order valence-corrected chi connectivity index (χ0v) is 14.3. The second kappa shape index (κ2) is 7.60. The number of aryl methyl sites for hydroxylation is 1. The first-order valence-electron chi connectivity index (χ1n) is 7.68. The SMILES string of the molecule is Cc1ccccc1CN(C)C(=O)Cn1cc([N+](=O)[O-])cc(C(N)=O)c1=O. The van der Waals surface area contributed by atoms with E-state index in [1.54, 1.807) is 7.05 Å². The first-order valence-corrected chi connectivity index (χ1v) is 7.68. The van der Waals surface area contributed by atoms with Crippen molar-refractivity contribution in [1.29, 1.82) is 0 Å². The first-order chi connectivity index (χ1) is 12.2. The molecule has 2 rings (SSSR count). The van der Waals surface area contributed by atoms with Crippen molar-refractivity contribution in [3.63, 3.8) is 0 Å². The van der Waals surface area contributed by atoms with Gasteiger partial charge in [0.2, 0.25) is 5.91 Å². The van der Waals surface area contributed by atoms with Crippen LogP contribution in [0.1, 0.15) is 21.5 Å². The van der Waals surface area contributed by atoms with Crippen LogP contribution in [0.3, 0.4) is 0 Å². The molecular formula is C17H18N4O5. The molecule has 0 radical (unpaired) electrons. The highest BCUT2D eigenvalue weighted by molar-refractivity contribution is 5.93. The van der Waals surface area contributed by atoms with E-state index in [2.05, 4.69) is 0 Å². The number of aromatic nitrogens is 1. The summed E-state index contributed by atoms with van der Waals surface area (Å²) < 4.78 is 0.828. The highest BCUT2D eigenvalue weighted by Crippen LogP contribution is 2.12. The molecular weight excluding hydrogens is 340 g/mol. The second-order valence-electron chi connectivity index (χ2n) is 5.84. The van der Waals surface area contributed by atoms with Crippen molar-refractivity contribution in [2.45, 2.75) is 20.0 Å². The maximum Gasteiger partial charge on any atom is 0.286 e. The van der Waals surface area contributed by atoms with E-state index in [0.29, 0.717) is 6.54 Å². The number of pyridine rings is 1. The van der Waals surface area contributed by atoms with Gasteiger partial charge in [-0.15, -0.1) is 0 Å². The Morgan fingerprint density at radius 2 is 1.96 bits per heavy atom. The molecule has 0 spiro atoms. The maximum atomic E-state index is 12.4. The molecule has 136 valence electrons. The molecule has 0 fully saturated rings. The summed E-state index contributed by atoms with van der Waals surface area (Å²) in [6.45, 7) is 1.79. The van der Waals surface area contributed by atoms with Crippen LogP contribution in [0.25, 0.3) is 0 Å². The van der Waals surface area contributed by atoms with Crippen LogP contribution < -0.4 is 11.3 Å². The normalized spacial score (nSPS) is 10.4. The zero-order valence-electron chi connectivity index (χ0n) is 14.3. The predicted octanol–water partition coefficient (Wildman–Crippen LogP) is 0.822. The minimum atomic E-state index is -1.09. The fraction of sp³-hybridized carbons (Fsp3) is 0.235. The molecule has 0 atom stereocenters. The lowest BCUT2D eigenvalue weighted by Crippen LogP contribution is -2.36. The molecule has 1 heterocycles. The van der Waals surface area contributed by atoms with Gasteiger partial charge in [-0.1, -0.05) is 24.3 Å².